The summed E-state index contributed by atoms with van der Waals surface area (Å²) in [6.07, 6.45) is 6.89. The molecule has 4 N–H and O–H groups in total. The Labute approximate surface area is 183 Å². The van der Waals surface area contributed by atoms with Crippen molar-refractivity contribution in [2.45, 2.75) is 31.2 Å². The number of halogens is 1. The highest BCUT2D eigenvalue weighted by atomic mass is 19.1. The Bertz CT molecular complexity index is 1300. The number of hydrogen-bond donors (Lipinski definition) is 2. The van der Waals surface area contributed by atoms with Crippen LogP contribution in [-0.2, 0) is 0 Å². The maximum absolute atomic E-state index is 15.4. The fourth-order valence-corrected chi connectivity index (χ4v) is 4.78. The molecule has 3 aromatic rings. The van der Waals surface area contributed by atoms with Gasteiger partial charge in [-0.1, -0.05) is 0 Å². The lowest BCUT2D eigenvalue weighted by Gasteiger charge is -2.25. The molecular formula is C22H25FN6O3. The van der Waals surface area contributed by atoms with Gasteiger partial charge in [-0.25, -0.2) is 9.18 Å². The molecule has 4 heterocycles. The van der Waals surface area contributed by atoms with E-state index in [1.165, 1.54) is 7.11 Å². The molecule has 2 fully saturated rings. The molecule has 0 aromatic carbocycles. The Morgan fingerprint density at radius 1 is 1.22 bits per heavy atom. The predicted molar refractivity (Wildman–Crippen MR) is 118 cm³/mol. The fourth-order valence-electron chi connectivity index (χ4n) is 4.78. The summed E-state index contributed by atoms with van der Waals surface area (Å²) in [6.45, 7) is 1.09. The second-order valence-electron chi connectivity index (χ2n) is 8.52. The van der Waals surface area contributed by atoms with Gasteiger partial charge in [0.05, 0.1) is 18.9 Å². The molecule has 1 saturated carbocycles. The fraction of sp³-hybridized carbons (Fsp3) is 0.409. The van der Waals surface area contributed by atoms with Crippen LogP contribution in [0.15, 0.2) is 40.3 Å². The third-order valence-electron chi connectivity index (χ3n) is 6.59. The molecule has 2 atom stereocenters. The second-order valence-corrected chi connectivity index (χ2v) is 8.52. The molecule has 168 valence electrons. The van der Waals surface area contributed by atoms with Crippen molar-refractivity contribution in [2.75, 3.05) is 30.9 Å². The topological polar surface area (TPSA) is 121 Å². The number of aromatic nitrogens is 3. The van der Waals surface area contributed by atoms with E-state index in [2.05, 4.69) is 4.98 Å². The zero-order valence-corrected chi connectivity index (χ0v) is 17.7. The van der Waals surface area contributed by atoms with Crippen LogP contribution in [0.1, 0.15) is 42.3 Å². The molecule has 1 aliphatic carbocycles. The number of ether oxygens (including phenoxy) is 1. The molecule has 1 aliphatic heterocycles. The molecular weight excluding hydrogens is 415 g/mol. The van der Waals surface area contributed by atoms with E-state index in [0.29, 0.717) is 28.8 Å². The predicted octanol–water partition coefficient (Wildman–Crippen LogP) is 1.12. The van der Waals surface area contributed by atoms with Gasteiger partial charge in [0, 0.05) is 31.5 Å². The lowest BCUT2D eigenvalue weighted by molar-refractivity contribution is 0.412. The maximum Gasteiger partial charge on any atom is 0.354 e. The molecule has 9 nitrogen and oxygen atoms in total. The van der Waals surface area contributed by atoms with E-state index < -0.39 is 17.1 Å². The summed E-state index contributed by atoms with van der Waals surface area (Å²) in [4.78, 5) is 31.4. The molecule has 0 radical (unpaired) electrons. The number of nitrogens with two attached hydrogens (primary N) is 2. The maximum atomic E-state index is 15.4. The average Bonchev–Trinajstić information content (AvgIpc) is 3.53. The number of fused-ring (bicyclic) bond motifs is 1. The lowest BCUT2D eigenvalue weighted by Crippen LogP contribution is -2.44. The Morgan fingerprint density at radius 3 is 2.59 bits per heavy atom. The minimum Gasteiger partial charge on any atom is -0.492 e. The zero-order valence-electron chi connectivity index (χ0n) is 17.7. The summed E-state index contributed by atoms with van der Waals surface area (Å²) in [7, 11) is 1.42. The third-order valence-corrected chi connectivity index (χ3v) is 6.59. The van der Waals surface area contributed by atoms with Gasteiger partial charge in [-0.3, -0.25) is 14.2 Å². The van der Waals surface area contributed by atoms with Crippen LogP contribution >= 0.6 is 0 Å². The number of rotatable bonds is 5. The van der Waals surface area contributed by atoms with Crippen LogP contribution in [0.4, 0.5) is 10.1 Å². The van der Waals surface area contributed by atoms with Crippen molar-refractivity contribution in [3.8, 4) is 5.75 Å². The Balaban J connectivity index is 1.62. The van der Waals surface area contributed by atoms with Crippen LogP contribution in [-0.4, -0.2) is 34.3 Å². The van der Waals surface area contributed by atoms with Crippen LogP contribution in [0.25, 0.3) is 5.52 Å². The van der Waals surface area contributed by atoms with E-state index in [-0.39, 0.29) is 29.3 Å². The first kappa shape index (κ1) is 20.5. The van der Waals surface area contributed by atoms with E-state index in [0.717, 1.165) is 35.4 Å². The smallest absolute Gasteiger partial charge is 0.354 e. The van der Waals surface area contributed by atoms with Gasteiger partial charge < -0.3 is 21.2 Å². The van der Waals surface area contributed by atoms with Gasteiger partial charge in [-0.2, -0.15) is 4.68 Å². The van der Waals surface area contributed by atoms with Gasteiger partial charge in [0.1, 0.15) is 11.2 Å². The minimum atomic E-state index is -0.808. The third kappa shape index (κ3) is 3.13. The second kappa shape index (κ2) is 7.63. The first-order valence-electron chi connectivity index (χ1n) is 10.7. The summed E-state index contributed by atoms with van der Waals surface area (Å²) in [6, 6.07) is 3.56. The van der Waals surface area contributed by atoms with Crippen molar-refractivity contribution >= 4 is 11.2 Å². The van der Waals surface area contributed by atoms with Crippen LogP contribution < -0.4 is 32.5 Å². The van der Waals surface area contributed by atoms with E-state index in [1.807, 2.05) is 17.0 Å². The van der Waals surface area contributed by atoms with Gasteiger partial charge in [0.2, 0.25) is 0 Å². The summed E-state index contributed by atoms with van der Waals surface area (Å²) in [5.74, 6) is 5.34. The normalized spacial score (nSPS) is 19.5. The van der Waals surface area contributed by atoms with E-state index in [9.17, 15) is 9.59 Å². The molecule has 2 aliphatic rings. The quantitative estimate of drug-likeness (QED) is 0.571. The van der Waals surface area contributed by atoms with Crippen LogP contribution in [0.3, 0.4) is 0 Å². The van der Waals surface area contributed by atoms with Crippen molar-refractivity contribution in [2.24, 2.45) is 11.7 Å². The molecule has 32 heavy (non-hydrogen) atoms. The van der Waals surface area contributed by atoms with Crippen molar-refractivity contribution in [1.82, 2.24) is 14.1 Å². The summed E-state index contributed by atoms with van der Waals surface area (Å²) >= 11 is 0. The van der Waals surface area contributed by atoms with Crippen molar-refractivity contribution in [3.05, 3.63) is 68.5 Å². The molecule has 3 aromatic heterocycles. The lowest BCUT2D eigenvalue weighted by atomic mass is 9.94. The van der Waals surface area contributed by atoms with E-state index in [4.69, 9.17) is 16.3 Å². The first-order valence-corrected chi connectivity index (χ1v) is 10.7. The van der Waals surface area contributed by atoms with Gasteiger partial charge >= 0.3 is 5.69 Å². The van der Waals surface area contributed by atoms with E-state index in [1.54, 1.807) is 12.4 Å². The number of methoxy groups -OCH3 is 1. The largest absolute Gasteiger partial charge is 0.492 e. The zero-order chi connectivity index (χ0) is 22.6. The number of anilines is 1. The SMILES string of the molecule is COc1c(N2CCC(C(N)c3ccncc3)C2)c(F)cn2c(=O)n(N)c(=O)c(C3CC3)c12. The Kier molecular flexibility index (Phi) is 4.89. The standard InChI is InChI=1S/C22H25FN6O3/c1-32-20-18(27-9-6-14(10-27)17(24)13-4-7-26-8-5-13)15(23)11-28-19(20)16(12-2-3-12)21(30)29(25)22(28)31/h4-5,7-8,11-12,14,17H,2-3,6,9-10,24-25H2,1H3. The van der Waals surface area contributed by atoms with E-state index >= 15 is 4.39 Å². The molecule has 10 heteroatoms. The first-order chi connectivity index (χ1) is 15.4. The molecule has 0 spiro atoms. The number of nitrogen functional groups attached to an aromatic ring is 1. The van der Waals surface area contributed by atoms with Gasteiger partial charge in [-0.05, 0) is 48.8 Å². The van der Waals surface area contributed by atoms with Crippen LogP contribution in [0.2, 0.25) is 0 Å². The van der Waals surface area contributed by atoms with Crippen molar-refractivity contribution in [1.29, 1.82) is 0 Å². The van der Waals surface area contributed by atoms with Gasteiger partial charge in [-0.15, -0.1) is 0 Å². The minimum absolute atomic E-state index is 0.0217. The molecule has 0 bridgehead atoms. The highest BCUT2D eigenvalue weighted by molar-refractivity contribution is 5.78. The van der Waals surface area contributed by atoms with Gasteiger partial charge in [0.25, 0.3) is 5.56 Å². The average molecular weight is 440 g/mol. The summed E-state index contributed by atoms with van der Waals surface area (Å²) < 4.78 is 22.6. The van der Waals surface area contributed by atoms with Crippen molar-refractivity contribution < 1.29 is 9.13 Å². The number of nitrogens with zero attached hydrogens (tertiary/aromatic N) is 4. The molecule has 0 amide bonds. The Morgan fingerprint density at radius 2 is 1.94 bits per heavy atom. The molecule has 1 saturated heterocycles. The van der Waals surface area contributed by atoms with Crippen LogP contribution in [0, 0.1) is 11.7 Å². The molecule has 5 rings (SSSR count). The Hall–Kier alpha value is -3.40. The number of pyridine rings is 2. The van der Waals surface area contributed by atoms with Gasteiger partial charge in [0.15, 0.2) is 11.6 Å². The van der Waals surface area contributed by atoms with Crippen LogP contribution in [0.5, 0.6) is 5.75 Å². The highest BCUT2D eigenvalue weighted by Crippen LogP contribution is 2.45. The summed E-state index contributed by atoms with van der Waals surface area (Å²) in [5, 5.41) is 0. The van der Waals surface area contributed by atoms with Crippen molar-refractivity contribution in [3.63, 3.8) is 0 Å². The summed E-state index contributed by atoms with van der Waals surface area (Å²) in [5.41, 5.74) is 7.03. The molecule has 2 unspecified atom stereocenters. The monoisotopic (exact) mass is 440 g/mol. The highest BCUT2D eigenvalue weighted by Gasteiger charge is 2.36. The number of hydrogen-bond acceptors (Lipinski definition) is 7.